The van der Waals surface area contributed by atoms with Crippen molar-refractivity contribution < 1.29 is 18.7 Å². The van der Waals surface area contributed by atoms with Crippen LogP contribution >= 0.6 is 0 Å². The summed E-state index contributed by atoms with van der Waals surface area (Å²) in [4.78, 5) is 12.1. The molecule has 0 saturated heterocycles. The third kappa shape index (κ3) is 5.84. The summed E-state index contributed by atoms with van der Waals surface area (Å²) in [5.41, 5.74) is 1.92. The van der Waals surface area contributed by atoms with E-state index < -0.39 is 0 Å². The zero-order valence-electron chi connectivity index (χ0n) is 15.6. The van der Waals surface area contributed by atoms with Crippen LogP contribution in [0, 0.1) is 5.82 Å². The number of carbonyl (C=O) groups is 1. The van der Waals surface area contributed by atoms with Crippen molar-refractivity contribution in [1.29, 1.82) is 0 Å². The minimum atomic E-state index is -0.304. The third-order valence-corrected chi connectivity index (χ3v) is 4.19. The van der Waals surface area contributed by atoms with Gasteiger partial charge in [-0.15, -0.1) is 0 Å². The van der Waals surface area contributed by atoms with Crippen molar-refractivity contribution in [2.45, 2.75) is 19.6 Å². The summed E-state index contributed by atoms with van der Waals surface area (Å²) >= 11 is 0. The fourth-order valence-electron chi connectivity index (χ4n) is 2.64. The number of hydrogen-bond acceptors (Lipinski definition) is 3. The minimum absolute atomic E-state index is 0.101. The molecule has 3 rings (SSSR count). The number of carbonyl (C=O) groups excluding carboxylic acids is 1. The zero-order valence-corrected chi connectivity index (χ0v) is 15.6. The van der Waals surface area contributed by atoms with Crippen molar-refractivity contribution >= 4 is 5.91 Å². The van der Waals surface area contributed by atoms with Gasteiger partial charge in [-0.3, -0.25) is 4.79 Å². The van der Waals surface area contributed by atoms with Crippen LogP contribution in [-0.2, 0) is 11.4 Å². The Hall–Kier alpha value is -3.34. The first-order valence-corrected chi connectivity index (χ1v) is 9.04. The molecule has 0 bridgehead atoms. The number of benzene rings is 3. The quantitative estimate of drug-likeness (QED) is 0.619. The van der Waals surface area contributed by atoms with Gasteiger partial charge in [0.1, 0.15) is 23.9 Å². The average molecular weight is 379 g/mol. The highest BCUT2D eigenvalue weighted by Gasteiger charge is 2.10. The summed E-state index contributed by atoms with van der Waals surface area (Å²) in [7, 11) is 0. The van der Waals surface area contributed by atoms with Crippen LogP contribution in [0.3, 0.4) is 0 Å². The van der Waals surface area contributed by atoms with Gasteiger partial charge >= 0.3 is 0 Å². The molecule has 0 aromatic heterocycles. The van der Waals surface area contributed by atoms with Crippen LogP contribution in [0.2, 0.25) is 0 Å². The summed E-state index contributed by atoms with van der Waals surface area (Å²) in [6, 6.07) is 22.8. The monoisotopic (exact) mass is 379 g/mol. The van der Waals surface area contributed by atoms with E-state index in [-0.39, 0.29) is 24.4 Å². The minimum Gasteiger partial charge on any atom is -0.489 e. The molecule has 144 valence electrons. The molecule has 1 atom stereocenters. The first kappa shape index (κ1) is 19.4. The van der Waals surface area contributed by atoms with Crippen LogP contribution in [0.5, 0.6) is 11.5 Å². The SMILES string of the molecule is C[C@@H](NC(=O)COc1ccc(OCc2ccccc2)cc1)c1ccc(F)cc1. The fourth-order valence-corrected chi connectivity index (χ4v) is 2.64. The Morgan fingerprint density at radius 1 is 0.893 bits per heavy atom. The summed E-state index contributed by atoms with van der Waals surface area (Å²) in [6.07, 6.45) is 0. The van der Waals surface area contributed by atoms with Crippen molar-refractivity contribution in [3.05, 3.63) is 95.8 Å². The van der Waals surface area contributed by atoms with Gasteiger partial charge in [-0.2, -0.15) is 0 Å². The van der Waals surface area contributed by atoms with E-state index in [0.717, 1.165) is 16.9 Å². The van der Waals surface area contributed by atoms with E-state index in [1.807, 2.05) is 37.3 Å². The van der Waals surface area contributed by atoms with E-state index in [1.165, 1.54) is 12.1 Å². The van der Waals surface area contributed by atoms with Gasteiger partial charge < -0.3 is 14.8 Å². The molecule has 5 heteroatoms. The maximum Gasteiger partial charge on any atom is 0.258 e. The Labute approximate surface area is 163 Å². The molecule has 0 fully saturated rings. The number of halogens is 1. The lowest BCUT2D eigenvalue weighted by atomic mass is 10.1. The number of nitrogens with one attached hydrogen (secondary N) is 1. The lowest BCUT2D eigenvalue weighted by Gasteiger charge is -2.15. The normalized spacial score (nSPS) is 11.5. The van der Waals surface area contributed by atoms with Crippen LogP contribution in [0.1, 0.15) is 24.1 Å². The Morgan fingerprint density at radius 3 is 2.14 bits per heavy atom. The summed E-state index contributed by atoms with van der Waals surface area (Å²) in [5, 5.41) is 2.82. The predicted molar refractivity (Wildman–Crippen MR) is 106 cm³/mol. The van der Waals surface area contributed by atoms with Gasteiger partial charge in [-0.1, -0.05) is 42.5 Å². The fraction of sp³-hybridized carbons (Fsp3) is 0.174. The van der Waals surface area contributed by atoms with E-state index in [0.29, 0.717) is 12.4 Å². The van der Waals surface area contributed by atoms with Crippen molar-refractivity contribution in [1.82, 2.24) is 5.32 Å². The van der Waals surface area contributed by atoms with Crippen molar-refractivity contribution in [3.8, 4) is 11.5 Å². The second-order valence-corrected chi connectivity index (χ2v) is 6.38. The molecule has 0 heterocycles. The van der Waals surface area contributed by atoms with Gasteiger partial charge in [0.15, 0.2) is 6.61 Å². The standard InChI is InChI=1S/C23H22FNO3/c1-17(19-7-9-20(24)10-8-19)25-23(26)16-28-22-13-11-21(12-14-22)27-15-18-5-3-2-4-6-18/h2-14,17H,15-16H2,1H3,(H,25,26)/t17-/m1/s1. The molecule has 0 radical (unpaired) electrons. The van der Waals surface area contributed by atoms with Gasteiger partial charge in [-0.05, 0) is 54.4 Å². The molecule has 3 aromatic rings. The number of ether oxygens (including phenoxy) is 2. The molecule has 0 spiro atoms. The largest absolute Gasteiger partial charge is 0.489 e. The average Bonchev–Trinajstić information content (AvgIpc) is 2.72. The molecular weight excluding hydrogens is 357 g/mol. The molecule has 28 heavy (non-hydrogen) atoms. The van der Waals surface area contributed by atoms with Gasteiger partial charge in [0, 0.05) is 0 Å². The van der Waals surface area contributed by atoms with E-state index in [1.54, 1.807) is 36.4 Å². The van der Waals surface area contributed by atoms with Crippen LogP contribution < -0.4 is 14.8 Å². The number of amides is 1. The van der Waals surface area contributed by atoms with Gasteiger partial charge in [0.05, 0.1) is 6.04 Å². The Morgan fingerprint density at radius 2 is 1.50 bits per heavy atom. The first-order valence-electron chi connectivity index (χ1n) is 9.04. The highest BCUT2D eigenvalue weighted by atomic mass is 19.1. The lowest BCUT2D eigenvalue weighted by molar-refractivity contribution is -0.123. The third-order valence-electron chi connectivity index (χ3n) is 4.19. The second kappa shape index (κ2) is 9.55. The summed E-state index contributed by atoms with van der Waals surface area (Å²) < 4.78 is 24.2. The molecule has 3 aromatic carbocycles. The van der Waals surface area contributed by atoms with Crippen LogP contribution in [-0.4, -0.2) is 12.5 Å². The molecule has 0 aliphatic rings. The topological polar surface area (TPSA) is 47.6 Å². The molecule has 0 aliphatic heterocycles. The molecule has 0 saturated carbocycles. The predicted octanol–water partition coefficient (Wildman–Crippen LogP) is 4.66. The highest BCUT2D eigenvalue weighted by molar-refractivity contribution is 5.78. The molecular formula is C23H22FNO3. The van der Waals surface area contributed by atoms with E-state index >= 15 is 0 Å². The Kier molecular flexibility index (Phi) is 6.63. The molecule has 1 amide bonds. The Balaban J connectivity index is 1.43. The van der Waals surface area contributed by atoms with E-state index in [2.05, 4.69) is 5.32 Å². The van der Waals surface area contributed by atoms with Crippen molar-refractivity contribution in [2.24, 2.45) is 0 Å². The molecule has 0 unspecified atom stereocenters. The van der Waals surface area contributed by atoms with Crippen LogP contribution in [0.25, 0.3) is 0 Å². The summed E-state index contributed by atoms with van der Waals surface area (Å²) in [5.74, 6) is 0.755. The molecule has 0 aliphatic carbocycles. The maximum atomic E-state index is 13.0. The molecule has 1 N–H and O–H groups in total. The van der Waals surface area contributed by atoms with Gasteiger partial charge in [-0.25, -0.2) is 4.39 Å². The first-order chi connectivity index (χ1) is 13.6. The van der Waals surface area contributed by atoms with E-state index in [4.69, 9.17) is 9.47 Å². The van der Waals surface area contributed by atoms with Gasteiger partial charge in [0.25, 0.3) is 5.91 Å². The van der Waals surface area contributed by atoms with Crippen molar-refractivity contribution in [3.63, 3.8) is 0 Å². The molecule has 4 nitrogen and oxygen atoms in total. The van der Waals surface area contributed by atoms with Crippen LogP contribution in [0.15, 0.2) is 78.9 Å². The lowest BCUT2D eigenvalue weighted by Crippen LogP contribution is -2.31. The maximum absolute atomic E-state index is 13.0. The number of hydrogen-bond donors (Lipinski definition) is 1. The smallest absolute Gasteiger partial charge is 0.258 e. The Bertz CT molecular complexity index is 880. The van der Waals surface area contributed by atoms with Crippen molar-refractivity contribution in [2.75, 3.05) is 6.61 Å². The highest BCUT2D eigenvalue weighted by Crippen LogP contribution is 2.19. The second-order valence-electron chi connectivity index (χ2n) is 6.38. The summed E-state index contributed by atoms with van der Waals surface area (Å²) in [6.45, 7) is 2.23. The van der Waals surface area contributed by atoms with Crippen LogP contribution in [0.4, 0.5) is 4.39 Å². The zero-order chi connectivity index (χ0) is 19.8. The van der Waals surface area contributed by atoms with Gasteiger partial charge in [0.2, 0.25) is 0 Å². The number of rotatable bonds is 8. The van der Waals surface area contributed by atoms with E-state index in [9.17, 15) is 9.18 Å².